The van der Waals surface area contributed by atoms with Gasteiger partial charge in [0.2, 0.25) is 0 Å². The molecule has 2 saturated carbocycles. The van der Waals surface area contributed by atoms with Gasteiger partial charge in [0.25, 0.3) is 0 Å². The number of fused-ring (bicyclic) bond motifs is 1. The van der Waals surface area contributed by atoms with Gasteiger partial charge in [0.1, 0.15) is 12.3 Å². The van der Waals surface area contributed by atoms with Crippen LogP contribution in [0.5, 0.6) is 0 Å². The highest BCUT2D eigenvalue weighted by atomic mass is 19.1. The summed E-state index contributed by atoms with van der Waals surface area (Å²) in [5, 5.41) is 0. The summed E-state index contributed by atoms with van der Waals surface area (Å²) in [6.07, 6.45) is 12.8. The monoisotopic (exact) mass is 430 g/mol. The van der Waals surface area contributed by atoms with E-state index in [9.17, 15) is 13.6 Å². The van der Waals surface area contributed by atoms with Crippen LogP contribution in [-0.2, 0) is 9.53 Å². The Kier molecular flexibility index (Phi) is 7.72. The van der Waals surface area contributed by atoms with Crippen molar-refractivity contribution in [2.24, 2.45) is 17.3 Å². The van der Waals surface area contributed by atoms with E-state index in [0.29, 0.717) is 24.0 Å². The third kappa shape index (κ3) is 5.27. The van der Waals surface area contributed by atoms with Gasteiger partial charge in [-0.25, -0.2) is 13.6 Å². The fourth-order valence-corrected chi connectivity index (χ4v) is 5.71. The zero-order valence-corrected chi connectivity index (χ0v) is 19.1. The normalized spacial score (nSPS) is 34.8. The van der Waals surface area contributed by atoms with Gasteiger partial charge >= 0.3 is 5.97 Å². The molecule has 0 aromatic carbocycles. The number of esters is 1. The van der Waals surface area contributed by atoms with E-state index in [1.54, 1.807) is 6.92 Å². The number of hydrogen-bond acceptors (Lipinski definition) is 2. The molecule has 2 nitrogen and oxygen atoms in total. The van der Waals surface area contributed by atoms with Crippen LogP contribution in [0.4, 0.5) is 8.78 Å². The molecule has 0 N–H and O–H groups in total. The Bertz CT molecular complexity index is 819. The van der Waals surface area contributed by atoms with Crippen LogP contribution in [0.15, 0.2) is 59.3 Å². The molecule has 3 rings (SSSR count). The van der Waals surface area contributed by atoms with Gasteiger partial charge in [-0.1, -0.05) is 55.9 Å². The largest absolute Gasteiger partial charge is 0.463 e. The van der Waals surface area contributed by atoms with Crippen LogP contribution in [0.2, 0.25) is 0 Å². The van der Waals surface area contributed by atoms with Crippen LogP contribution in [0.1, 0.15) is 65.7 Å². The van der Waals surface area contributed by atoms with Crippen LogP contribution in [0.3, 0.4) is 0 Å². The predicted octanol–water partition coefficient (Wildman–Crippen LogP) is 7.15. The molecule has 3 aliphatic rings. The van der Waals surface area contributed by atoms with Crippen LogP contribution < -0.4 is 0 Å². The Balaban J connectivity index is 1.71. The van der Waals surface area contributed by atoms with Gasteiger partial charge in [-0.2, -0.15) is 0 Å². The van der Waals surface area contributed by atoms with E-state index in [1.165, 1.54) is 17.2 Å². The fourth-order valence-electron chi connectivity index (χ4n) is 5.71. The molecule has 0 aromatic heterocycles. The van der Waals surface area contributed by atoms with Gasteiger partial charge in [0.15, 0.2) is 0 Å². The number of alkyl halides is 2. The van der Waals surface area contributed by atoms with Crippen molar-refractivity contribution >= 4 is 5.97 Å². The summed E-state index contributed by atoms with van der Waals surface area (Å²) in [7, 11) is 0. The van der Waals surface area contributed by atoms with Gasteiger partial charge < -0.3 is 4.74 Å². The van der Waals surface area contributed by atoms with Crippen molar-refractivity contribution in [1.29, 1.82) is 0 Å². The average Bonchev–Trinajstić information content (AvgIpc) is 3.07. The Morgan fingerprint density at radius 2 is 2.16 bits per heavy atom. The lowest BCUT2D eigenvalue weighted by atomic mass is 9.62. The van der Waals surface area contributed by atoms with Crippen molar-refractivity contribution in [3.05, 3.63) is 59.3 Å². The molecule has 0 amide bonds. The van der Waals surface area contributed by atoms with Crippen molar-refractivity contribution < 1.29 is 18.3 Å². The van der Waals surface area contributed by atoms with Crippen molar-refractivity contribution in [2.45, 2.75) is 78.1 Å². The average molecular weight is 431 g/mol. The van der Waals surface area contributed by atoms with E-state index >= 15 is 0 Å². The Morgan fingerprint density at radius 1 is 1.39 bits per heavy atom. The molecule has 2 fully saturated rings. The second-order valence-electron chi connectivity index (χ2n) is 9.47. The lowest BCUT2D eigenvalue weighted by Gasteiger charge is -2.42. The number of ether oxygens (including phenoxy) is 1. The van der Waals surface area contributed by atoms with Gasteiger partial charge in [0.05, 0.1) is 6.61 Å². The summed E-state index contributed by atoms with van der Waals surface area (Å²) in [4.78, 5) is 11.6. The van der Waals surface area contributed by atoms with E-state index in [2.05, 4.69) is 32.6 Å². The van der Waals surface area contributed by atoms with E-state index in [0.717, 1.165) is 37.7 Å². The molecule has 170 valence electrons. The summed E-state index contributed by atoms with van der Waals surface area (Å²) in [6.45, 7) is 10.6. The van der Waals surface area contributed by atoms with Crippen LogP contribution in [-0.4, -0.2) is 24.9 Å². The minimum atomic E-state index is -1.27. The first-order valence-corrected chi connectivity index (χ1v) is 11.7. The number of carbonyl (C=O) groups is 1. The standard InChI is InChI=1S/C27H36F2O2/c1-5-31-26(30)10-6-8-18(2)23-13-14-24-20(9-7-15-27(23,24)4)11-12-21-16-22(28)17-25(29)19(21)3/h6,10-13,18,22,24-25H,3,5,7-9,14-17H2,1-2,4H3/b10-6+,20-11-,21-12+. The number of halogens is 2. The minimum Gasteiger partial charge on any atom is -0.463 e. The zero-order chi connectivity index (χ0) is 22.6. The van der Waals surface area contributed by atoms with Gasteiger partial charge in [-0.05, 0) is 67.4 Å². The molecule has 5 atom stereocenters. The lowest BCUT2D eigenvalue weighted by Crippen LogP contribution is -2.32. The second-order valence-corrected chi connectivity index (χ2v) is 9.47. The maximum atomic E-state index is 14.0. The smallest absolute Gasteiger partial charge is 0.330 e. The van der Waals surface area contributed by atoms with Gasteiger partial charge in [0, 0.05) is 18.9 Å². The lowest BCUT2D eigenvalue weighted by molar-refractivity contribution is -0.137. The molecule has 0 heterocycles. The highest BCUT2D eigenvalue weighted by Crippen LogP contribution is 2.56. The molecule has 0 bridgehead atoms. The fraction of sp³-hybridized carbons (Fsp3) is 0.593. The summed E-state index contributed by atoms with van der Waals surface area (Å²) in [5.74, 6) is 0.505. The molecule has 0 saturated heterocycles. The first kappa shape index (κ1) is 23.7. The maximum Gasteiger partial charge on any atom is 0.330 e. The summed E-state index contributed by atoms with van der Waals surface area (Å²) < 4.78 is 32.8. The highest BCUT2D eigenvalue weighted by Gasteiger charge is 2.45. The van der Waals surface area contributed by atoms with Crippen molar-refractivity contribution in [2.75, 3.05) is 6.61 Å². The SMILES string of the molecule is C=C1/C(=C/C=C2/CCCC3(C)C(C(C)C/C=C/C(=O)OCC)=CCC23)CC(F)CC1F. The Hall–Kier alpha value is -1.97. The van der Waals surface area contributed by atoms with Crippen LogP contribution in [0.25, 0.3) is 0 Å². The quantitative estimate of drug-likeness (QED) is 0.254. The van der Waals surface area contributed by atoms with E-state index in [1.807, 2.05) is 12.2 Å². The first-order chi connectivity index (χ1) is 14.8. The first-order valence-electron chi connectivity index (χ1n) is 11.7. The summed E-state index contributed by atoms with van der Waals surface area (Å²) in [5.41, 5.74) is 4.12. The number of hydrogen-bond donors (Lipinski definition) is 0. The number of rotatable bonds is 6. The third-order valence-corrected chi connectivity index (χ3v) is 7.37. The van der Waals surface area contributed by atoms with Crippen molar-refractivity contribution in [1.82, 2.24) is 0 Å². The summed E-state index contributed by atoms with van der Waals surface area (Å²) in [6, 6.07) is 0. The predicted molar refractivity (Wildman–Crippen MR) is 122 cm³/mol. The molecule has 0 spiro atoms. The molecule has 31 heavy (non-hydrogen) atoms. The molecule has 5 unspecified atom stereocenters. The number of allylic oxidation sites excluding steroid dienone is 8. The molecular formula is C27H36F2O2. The summed E-state index contributed by atoms with van der Waals surface area (Å²) >= 11 is 0. The number of carbonyl (C=O) groups excluding carboxylic acids is 1. The third-order valence-electron chi connectivity index (χ3n) is 7.37. The van der Waals surface area contributed by atoms with Crippen LogP contribution >= 0.6 is 0 Å². The molecular weight excluding hydrogens is 394 g/mol. The molecule has 0 aromatic rings. The van der Waals surface area contributed by atoms with E-state index in [4.69, 9.17) is 4.74 Å². The van der Waals surface area contributed by atoms with E-state index < -0.39 is 12.3 Å². The molecule has 0 radical (unpaired) electrons. The van der Waals surface area contributed by atoms with Gasteiger partial charge in [-0.3, -0.25) is 0 Å². The topological polar surface area (TPSA) is 26.3 Å². The Labute approximate surface area is 185 Å². The second kappa shape index (κ2) is 10.1. The zero-order valence-electron chi connectivity index (χ0n) is 19.1. The van der Waals surface area contributed by atoms with Gasteiger partial charge in [-0.15, -0.1) is 0 Å². The Morgan fingerprint density at radius 3 is 2.90 bits per heavy atom. The van der Waals surface area contributed by atoms with E-state index in [-0.39, 0.29) is 24.2 Å². The molecule has 4 heteroatoms. The minimum absolute atomic E-state index is 0.0662. The molecule has 3 aliphatic carbocycles. The van der Waals surface area contributed by atoms with Crippen LogP contribution in [0, 0.1) is 17.3 Å². The highest BCUT2D eigenvalue weighted by molar-refractivity contribution is 5.81. The maximum absolute atomic E-state index is 14.0. The van der Waals surface area contributed by atoms with Crippen molar-refractivity contribution in [3.63, 3.8) is 0 Å². The van der Waals surface area contributed by atoms with Crippen molar-refractivity contribution in [3.8, 4) is 0 Å². The molecule has 0 aliphatic heterocycles.